The summed E-state index contributed by atoms with van der Waals surface area (Å²) in [7, 11) is 0. The fourth-order valence-electron chi connectivity index (χ4n) is 1.32. The predicted octanol–water partition coefficient (Wildman–Crippen LogP) is 1.77. The van der Waals surface area contributed by atoms with E-state index in [1.807, 2.05) is 0 Å². The first-order chi connectivity index (χ1) is 6.34. The first-order valence-corrected chi connectivity index (χ1v) is 4.95. The van der Waals surface area contributed by atoms with E-state index in [2.05, 4.69) is 22.1 Å². The highest BCUT2D eigenvalue weighted by atomic mass is 15.2. The third-order valence-corrected chi connectivity index (χ3v) is 2.15. The number of nitrogens with zero attached hydrogens (tertiary/aromatic N) is 2. The Labute approximate surface area is 78.9 Å². The minimum atomic E-state index is 0.0272. The monoisotopic (exact) mass is 182 g/mol. The van der Waals surface area contributed by atoms with E-state index in [4.69, 9.17) is 5.73 Å². The van der Waals surface area contributed by atoms with Gasteiger partial charge in [0.05, 0.1) is 6.04 Å². The molecule has 1 rings (SSSR count). The van der Waals surface area contributed by atoms with Gasteiger partial charge in [-0.2, -0.15) is 5.10 Å². The fourth-order valence-corrected chi connectivity index (χ4v) is 1.32. The molecule has 1 atom stereocenters. The minimum Gasteiger partial charge on any atom is -0.321 e. The molecule has 3 N–H and O–H groups in total. The van der Waals surface area contributed by atoms with Crippen molar-refractivity contribution in [3.05, 3.63) is 12.2 Å². The highest BCUT2D eigenvalue weighted by Crippen LogP contribution is 2.13. The molecule has 0 saturated heterocycles. The molecule has 13 heavy (non-hydrogen) atoms. The lowest BCUT2D eigenvalue weighted by Gasteiger charge is -2.06. The van der Waals surface area contributed by atoms with E-state index in [1.165, 1.54) is 32.0 Å². The van der Waals surface area contributed by atoms with Crippen molar-refractivity contribution in [1.82, 2.24) is 15.2 Å². The van der Waals surface area contributed by atoms with E-state index >= 15 is 0 Å². The van der Waals surface area contributed by atoms with E-state index in [-0.39, 0.29) is 6.04 Å². The quantitative estimate of drug-likeness (QED) is 0.659. The first kappa shape index (κ1) is 10.2. The van der Waals surface area contributed by atoms with Crippen LogP contribution in [-0.4, -0.2) is 15.2 Å². The zero-order chi connectivity index (χ0) is 9.52. The number of nitrogens with one attached hydrogen (secondary N) is 1. The molecule has 1 heterocycles. The first-order valence-electron chi connectivity index (χ1n) is 4.95. The van der Waals surface area contributed by atoms with Crippen LogP contribution in [0.2, 0.25) is 0 Å². The summed E-state index contributed by atoms with van der Waals surface area (Å²) in [6.07, 6.45) is 7.49. The summed E-state index contributed by atoms with van der Waals surface area (Å²) in [5, 5.41) is 6.56. The second-order valence-electron chi connectivity index (χ2n) is 3.33. The van der Waals surface area contributed by atoms with Gasteiger partial charge >= 0.3 is 0 Å². The summed E-state index contributed by atoms with van der Waals surface area (Å²) in [5.41, 5.74) is 5.89. The molecule has 74 valence electrons. The molecule has 0 radical (unpaired) electrons. The summed E-state index contributed by atoms with van der Waals surface area (Å²) in [4.78, 5) is 4.02. The van der Waals surface area contributed by atoms with Gasteiger partial charge in [0.1, 0.15) is 12.2 Å². The van der Waals surface area contributed by atoms with Crippen molar-refractivity contribution >= 4 is 0 Å². The van der Waals surface area contributed by atoms with Crippen molar-refractivity contribution < 1.29 is 0 Å². The zero-order valence-electron chi connectivity index (χ0n) is 8.16. The normalized spacial score (nSPS) is 13.1. The van der Waals surface area contributed by atoms with Gasteiger partial charge in [0.15, 0.2) is 0 Å². The molecule has 0 spiro atoms. The average molecular weight is 182 g/mol. The Morgan fingerprint density at radius 3 is 2.92 bits per heavy atom. The molecule has 0 fully saturated rings. The van der Waals surface area contributed by atoms with Crippen molar-refractivity contribution in [2.24, 2.45) is 5.73 Å². The molecule has 0 aliphatic rings. The van der Waals surface area contributed by atoms with Gasteiger partial charge in [-0.15, -0.1) is 0 Å². The number of rotatable bonds is 6. The van der Waals surface area contributed by atoms with E-state index in [9.17, 15) is 0 Å². The van der Waals surface area contributed by atoms with E-state index in [1.54, 1.807) is 0 Å². The lowest BCUT2D eigenvalue weighted by Crippen LogP contribution is -2.11. The Bertz CT molecular complexity index is 207. The van der Waals surface area contributed by atoms with Crippen LogP contribution in [0.1, 0.15) is 50.9 Å². The highest BCUT2D eigenvalue weighted by Gasteiger charge is 2.07. The van der Waals surface area contributed by atoms with Gasteiger partial charge in [-0.1, -0.05) is 32.6 Å². The van der Waals surface area contributed by atoms with Gasteiger partial charge in [-0.3, -0.25) is 5.10 Å². The maximum atomic E-state index is 5.89. The van der Waals surface area contributed by atoms with E-state index < -0.39 is 0 Å². The van der Waals surface area contributed by atoms with Gasteiger partial charge in [-0.05, 0) is 6.42 Å². The molecule has 4 heteroatoms. The summed E-state index contributed by atoms with van der Waals surface area (Å²) in [5.74, 6) is 0.802. The van der Waals surface area contributed by atoms with Crippen molar-refractivity contribution in [3.63, 3.8) is 0 Å². The largest absolute Gasteiger partial charge is 0.321 e. The second-order valence-corrected chi connectivity index (χ2v) is 3.33. The molecule has 0 saturated carbocycles. The topological polar surface area (TPSA) is 67.6 Å². The molecule has 1 unspecified atom stereocenters. The summed E-state index contributed by atoms with van der Waals surface area (Å²) < 4.78 is 0. The van der Waals surface area contributed by atoms with Gasteiger partial charge in [0.2, 0.25) is 0 Å². The molecular weight excluding hydrogens is 164 g/mol. The van der Waals surface area contributed by atoms with Crippen LogP contribution in [0.15, 0.2) is 6.33 Å². The Hall–Kier alpha value is -0.900. The van der Waals surface area contributed by atoms with Crippen LogP contribution < -0.4 is 5.73 Å². The standard InChI is InChI=1S/C9H18N4/c1-2-3-4-5-6-8(10)9-11-7-12-13-9/h7-8H,2-6,10H2,1H3,(H,11,12,13). The smallest absolute Gasteiger partial charge is 0.141 e. The number of aromatic nitrogens is 3. The van der Waals surface area contributed by atoms with E-state index in [0.29, 0.717) is 0 Å². The summed E-state index contributed by atoms with van der Waals surface area (Å²) in [6, 6.07) is 0.0272. The second kappa shape index (κ2) is 5.70. The number of H-pyrrole nitrogens is 1. The Morgan fingerprint density at radius 1 is 1.46 bits per heavy atom. The zero-order valence-corrected chi connectivity index (χ0v) is 8.16. The van der Waals surface area contributed by atoms with Gasteiger partial charge in [0, 0.05) is 0 Å². The number of aromatic amines is 1. The Kier molecular flexibility index (Phi) is 4.46. The minimum absolute atomic E-state index is 0.0272. The molecule has 0 aliphatic heterocycles. The highest BCUT2D eigenvalue weighted by molar-refractivity contribution is 4.88. The van der Waals surface area contributed by atoms with Crippen LogP contribution >= 0.6 is 0 Å². The number of hydrogen-bond donors (Lipinski definition) is 2. The van der Waals surface area contributed by atoms with Gasteiger partial charge in [0.25, 0.3) is 0 Å². The van der Waals surface area contributed by atoms with Gasteiger partial charge in [-0.25, -0.2) is 4.98 Å². The molecule has 1 aromatic rings. The van der Waals surface area contributed by atoms with Crippen molar-refractivity contribution in [1.29, 1.82) is 0 Å². The SMILES string of the molecule is CCCCCCC(N)c1ncn[nH]1. The maximum Gasteiger partial charge on any atom is 0.141 e. The molecule has 0 amide bonds. The maximum absolute atomic E-state index is 5.89. The molecule has 0 aliphatic carbocycles. The van der Waals surface area contributed by atoms with Gasteiger partial charge < -0.3 is 5.73 Å². The number of nitrogens with two attached hydrogens (primary N) is 1. The number of unbranched alkanes of at least 4 members (excludes halogenated alkanes) is 3. The summed E-state index contributed by atoms with van der Waals surface area (Å²) in [6.45, 7) is 2.20. The van der Waals surface area contributed by atoms with Crippen LogP contribution in [0.25, 0.3) is 0 Å². The van der Waals surface area contributed by atoms with E-state index in [0.717, 1.165) is 12.2 Å². The summed E-state index contributed by atoms with van der Waals surface area (Å²) >= 11 is 0. The molecule has 4 nitrogen and oxygen atoms in total. The van der Waals surface area contributed by atoms with Crippen molar-refractivity contribution in [3.8, 4) is 0 Å². The fraction of sp³-hybridized carbons (Fsp3) is 0.778. The van der Waals surface area contributed by atoms with Crippen LogP contribution in [0.3, 0.4) is 0 Å². The third kappa shape index (κ3) is 3.55. The Morgan fingerprint density at radius 2 is 2.31 bits per heavy atom. The molecule has 0 aromatic carbocycles. The lowest BCUT2D eigenvalue weighted by atomic mass is 10.1. The molecular formula is C9H18N4. The van der Waals surface area contributed by atoms with Crippen LogP contribution in [-0.2, 0) is 0 Å². The van der Waals surface area contributed by atoms with Crippen molar-refractivity contribution in [2.75, 3.05) is 0 Å². The predicted molar refractivity (Wildman–Crippen MR) is 52.1 cm³/mol. The lowest BCUT2D eigenvalue weighted by molar-refractivity contribution is 0.548. The average Bonchev–Trinajstić information content (AvgIpc) is 2.65. The number of hydrogen-bond acceptors (Lipinski definition) is 3. The molecule has 0 bridgehead atoms. The van der Waals surface area contributed by atoms with Crippen LogP contribution in [0.4, 0.5) is 0 Å². The van der Waals surface area contributed by atoms with Crippen LogP contribution in [0.5, 0.6) is 0 Å². The Balaban J connectivity index is 2.15. The van der Waals surface area contributed by atoms with Crippen molar-refractivity contribution in [2.45, 2.75) is 45.1 Å². The molecule has 1 aromatic heterocycles. The third-order valence-electron chi connectivity index (χ3n) is 2.15. The van der Waals surface area contributed by atoms with Crippen LogP contribution in [0, 0.1) is 0 Å².